The maximum Gasteiger partial charge on any atom is 0.323 e. The predicted molar refractivity (Wildman–Crippen MR) is 108 cm³/mol. The number of carbonyl (C=O) groups excluding carboxylic acids is 1. The van der Waals surface area contributed by atoms with Crippen LogP contribution in [0.4, 0.5) is 14.9 Å². The Bertz CT molecular complexity index is 1010. The Morgan fingerprint density at radius 1 is 1.21 bits per heavy atom. The monoisotopic (exact) mass is 394 g/mol. The quantitative estimate of drug-likeness (QED) is 0.717. The standard InChI is InChI=1S/C23H23FN2O3/c24-15-6-8-21-18(11-15)20(13-23(29-21)9-2-10-23)26-22(28)25-19-4-1-3-14-5-7-16(27)12-17(14)19/h1,3-4,6,8,11,13,16,27H,2,5,7,9-10,12H2,(H2,25,26,28)/t16-/m0/s1. The number of aliphatic hydroxyl groups is 1. The predicted octanol–water partition coefficient (Wildman–Crippen LogP) is 4.15. The number of urea groups is 1. The summed E-state index contributed by atoms with van der Waals surface area (Å²) in [5.74, 6) is 0.209. The van der Waals surface area contributed by atoms with E-state index in [1.54, 1.807) is 6.07 Å². The number of benzene rings is 2. The Hall–Kier alpha value is -2.86. The molecule has 29 heavy (non-hydrogen) atoms. The number of ether oxygens (including phenoxy) is 1. The van der Waals surface area contributed by atoms with Gasteiger partial charge in [0.1, 0.15) is 17.2 Å². The van der Waals surface area contributed by atoms with E-state index in [1.807, 2.05) is 24.3 Å². The summed E-state index contributed by atoms with van der Waals surface area (Å²) in [4.78, 5) is 12.8. The zero-order chi connectivity index (χ0) is 20.0. The van der Waals surface area contributed by atoms with E-state index in [4.69, 9.17) is 4.74 Å². The van der Waals surface area contributed by atoms with Crippen molar-refractivity contribution in [2.45, 2.75) is 50.2 Å². The van der Waals surface area contributed by atoms with Crippen LogP contribution in [0, 0.1) is 5.82 Å². The summed E-state index contributed by atoms with van der Waals surface area (Å²) in [5.41, 5.74) is 3.52. The van der Waals surface area contributed by atoms with Crippen LogP contribution in [0.3, 0.4) is 0 Å². The normalized spacial score (nSPS) is 21.2. The van der Waals surface area contributed by atoms with Crippen molar-refractivity contribution in [1.82, 2.24) is 5.32 Å². The van der Waals surface area contributed by atoms with Crippen LogP contribution in [-0.2, 0) is 12.8 Å². The van der Waals surface area contributed by atoms with Gasteiger partial charge in [-0.05, 0) is 73.6 Å². The summed E-state index contributed by atoms with van der Waals surface area (Å²) in [6, 6.07) is 9.76. The Balaban J connectivity index is 1.40. The van der Waals surface area contributed by atoms with E-state index in [1.165, 1.54) is 12.1 Å². The third kappa shape index (κ3) is 3.38. The number of nitrogens with one attached hydrogen (secondary N) is 2. The first-order chi connectivity index (χ1) is 14.0. The fourth-order valence-corrected chi connectivity index (χ4v) is 4.43. The van der Waals surface area contributed by atoms with Gasteiger partial charge in [-0.15, -0.1) is 0 Å². The molecule has 150 valence electrons. The van der Waals surface area contributed by atoms with Gasteiger partial charge in [0.15, 0.2) is 0 Å². The molecule has 2 aromatic carbocycles. The van der Waals surface area contributed by atoms with Gasteiger partial charge in [-0.1, -0.05) is 12.1 Å². The molecular weight excluding hydrogens is 371 g/mol. The molecule has 5 rings (SSSR count). The van der Waals surface area contributed by atoms with E-state index < -0.39 is 11.6 Å². The molecule has 0 unspecified atom stereocenters. The van der Waals surface area contributed by atoms with Crippen LogP contribution in [0.25, 0.3) is 5.70 Å². The lowest BCUT2D eigenvalue weighted by molar-refractivity contribution is 0.0371. The van der Waals surface area contributed by atoms with Crippen molar-refractivity contribution < 1.29 is 19.0 Å². The number of hydrogen-bond donors (Lipinski definition) is 3. The van der Waals surface area contributed by atoms with Crippen LogP contribution < -0.4 is 15.4 Å². The largest absolute Gasteiger partial charge is 0.482 e. The molecule has 0 radical (unpaired) electrons. The van der Waals surface area contributed by atoms with Gasteiger partial charge in [0, 0.05) is 17.7 Å². The molecule has 6 heteroatoms. The summed E-state index contributed by atoms with van der Waals surface area (Å²) in [7, 11) is 0. The number of aryl methyl sites for hydroxylation is 1. The van der Waals surface area contributed by atoms with E-state index in [9.17, 15) is 14.3 Å². The fraction of sp³-hybridized carbons (Fsp3) is 0.348. The Kier molecular flexibility index (Phi) is 4.32. The van der Waals surface area contributed by atoms with Crippen molar-refractivity contribution in [2.24, 2.45) is 0 Å². The zero-order valence-electron chi connectivity index (χ0n) is 16.0. The number of fused-ring (bicyclic) bond motifs is 2. The van der Waals surface area contributed by atoms with Crippen LogP contribution in [0.15, 0.2) is 42.5 Å². The fourth-order valence-electron chi connectivity index (χ4n) is 4.43. The molecule has 1 atom stereocenters. The van der Waals surface area contributed by atoms with E-state index >= 15 is 0 Å². The van der Waals surface area contributed by atoms with Gasteiger partial charge in [-0.3, -0.25) is 0 Å². The lowest BCUT2D eigenvalue weighted by Crippen LogP contribution is -2.44. The molecule has 0 bridgehead atoms. The van der Waals surface area contributed by atoms with Crippen molar-refractivity contribution in [2.75, 3.05) is 5.32 Å². The molecule has 2 aliphatic carbocycles. The minimum absolute atomic E-state index is 0.379. The van der Waals surface area contributed by atoms with Crippen molar-refractivity contribution in [3.8, 4) is 5.75 Å². The first-order valence-electron chi connectivity index (χ1n) is 10.1. The van der Waals surface area contributed by atoms with Gasteiger partial charge in [0.05, 0.1) is 11.8 Å². The second-order valence-electron chi connectivity index (χ2n) is 8.14. The molecule has 2 amide bonds. The number of hydrogen-bond acceptors (Lipinski definition) is 3. The number of aliphatic hydroxyl groups excluding tert-OH is 1. The highest BCUT2D eigenvalue weighted by Gasteiger charge is 2.41. The van der Waals surface area contributed by atoms with Crippen LogP contribution in [-0.4, -0.2) is 22.8 Å². The highest BCUT2D eigenvalue weighted by Crippen LogP contribution is 2.45. The van der Waals surface area contributed by atoms with Crippen LogP contribution in [0.2, 0.25) is 0 Å². The molecule has 1 fully saturated rings. The molecule has 1 saturated carbocycles. The smallest absolute Gasteiger partial charge is 0.323 e. The summed E-state index contributed by atoms with van der Waals surface area (Å²) in [6.07, 6.45) is 6.39. The highest BCUT2D eigenvalue weighted by atomic mass is 19.1. The number of rotatable bonds is 2. The topological polar surface area (TPSA) is 70.6 Å². The number of anilines is 1. The highest BCUT2D eigenvalue weighted by molar-refractivity contribution is 5.97. The summed E-state index contributed by atoms with van der Waals surface area (Å²) in [5, 5.41) is 15.8. The number of carbonyl (C=O) groups is 1. The second-order valence-corrected chi connectivity index (χ2v) is 8.14. The van der Waals surface area contributed by atoms with Crippen LogP contribution in [0.5, 0.6) is 5.75 Å². The minimum atomic E-state index is -0.413. The molecule has 5 nitrogen and oxygen atoms in total. The number of amides is 2. The van der Waals surface area contributed by atoms with Crippen LogP contribution in [0.1, 0.15) is 42.4 Å². The molecule has 0 saturated heterocycles. The van der Waals surface area contributed by atoms with E-state index in [0.717, 1.165) is 43.2 Å². The maximum absolute atomic E-state index is 13.8. The molecule has 2 aromatic rings. The van der Waals surface area contributed by atoms with Crippen molar-refractivity contribution in [3.05, 3.63) is 65.0 Å². The van der Waals surface area contributed by atoms with Gasteiger partial charge in [-0.2, -0.15) is 0 Å². The van der Waals surface area contributed by atoms with Crippen molar-refractivity contribution in [3.63, 3.8) is 0 Å². The first-order valence-corrected chi connectivity index (χ1v) is 10.1. The summed E-state index contributed by atoms with van der Waals surface area (Å²) in [6.45, 7) is 0. The lowest BCUT2D eigenvalue weighted by atomic mass is 9.77. The van der Waals surface area contributed by atoms with E-state index in [2.05, 4.69) is 10.6 Å². The molecule has 3 N–H and O–H groups in total. The Morgan fingerprint density at radius 2 is 2.07 bits per heavy atom. The van der Waals surface area contributed by atoms with E-state index in [-0.39, 0.29) is 11.9 Å². The average molecular weight is 394 g/mol. The Morgan fingerprint density at radius 3 is 2.86 bits per heavy atom. The third-order valence-electron chi connectivity index (χ3n) is 6.11. The lowest BCUT2D eigenvalue weighted by Gasteiger charge is -2.43. The summed E-state index contributed by atoms with van der Waals surface area (Å²) < 4.78 is 19.9. The minimum Gasteiger partial charge on any atom is -0.482 e. The van der Waals surface area contributed by atoms with Gasteiger partial charge < -0.3 is 20.5 Å². The molecule has 1 aliphatic heterocycles. The van der Waals surface area contributed by atoms with Crippen molar-refractivity contribution in [1.29, 1.82) is 0 Å². The van der Waals surface area contributed by atoms with Crippen LogP contribution >= 0.6 is 0 Å². The first kappa shape index (κ1) is 18.2. The van der Waals surface area contributed by atoms with Crippen molar-refractivity contribution >= 4 is 17.4 Å². The second kappa shape index (κ2) is 6.88. The maximum atomic E-state index is 13.8. The number of halogens is 1. The Labute approximate surface area is 168 Å². The van der Waals surface area contributed by atoms with Gasteiger partial charge in [0.2, 0.25) is 0 Å². The van der Waals surface area contributed by atoms with Gasteiger partial charge in [0.25, 0.3) is 0 Å². The van der Waals surface area contributed by atoms with Gasteiger partial charge in [-0.25, -0.2) is 9.18 Å². The average Bonchev–Trinajstić information content (AvgIpc) is 2.67. The summed E-state index contributed by atoms with van der Waals surface area (Å²) >= 11 is 0. The molecule has 3 aliphatic rings. The molecule has 0 aromatic heterocycles. The zero-order valence-corrected chi connectivity index (χ0v) is 16.0. The molecule has 1 spiro atoms. The van der Waals surface area contributed by atoms with Gasteiger partial charge >= 0.3 is 6.03 Å². The molecular formula is C23H23FN2O3. The van der Waals surface area contributed by atoms with E-state index in [0.29, 0.717) is 29.1 Å². The third-order valence-corrected chi connectivity index (χ3v) is 6.11. The molecule has 1 heterocycles. The SMILES string of the molecule is O=C(NC1=CC2(CCC2)Oc2ccc(F)cc21)Nc1cccc2c1C[C@@H](O)CC2.